The van der Waals surface area contributed by atoms with Crippen molar-refractivity contribution in [1.82, 2.24) is 15.0 Å². The van der Waals surface area contributed by atoms with Gasteiger partial charge in [-0.25, -0.2) is 4.68 Å². The SMILES string of the molecule is COC(C)CCn1nnc2cccc(Cl)c21. The fourth-order valence-electron chi connectivity index (χ4n) is 1.57. The van der Waals surface area contributed by atoms with Crippen LogP contribution in [-0.4, -0.2) is 28.2 Å². The van der Waals surface area contributed by atoms with Crippen molar-refractivity contribution in [3.05, 3.63) is 23.2 Å². The third-order valence-corrected chi connectivity index (χ3v) is 2.94. The van der Waals surface area contributed by atoms with Gasteiger partial charge in [0.1, 0.15) is 11.0 Å². The molecule has 0 saturated heterocycles. The highest BCUT2D eigenvalue weighted by molar-refractivity contribution is 6.34. The molecule has 0 saturated carbocycles. The predicted octanol–water partition coefficient (Wildman–Crippen LogP) is 2.51. The van der Waals surface area contributed by atoms with E-state index in [0.717, 1.165) is 24.0 Å². The Hall–Kier alpha value is -1.13. The normalized spacial score (nSPS) is 13.2. The smallest absolute Gasteiger partial charge is 0.114 e. The van der Waals surface area contributed by atoms with Crippen molar-refractivity contribution in [2.45, 2.75) is 26.0 Å². The van der Waals surface area contributed by atoms with Gasteiger partial charge in [0.05, 0.1) is 11.1 Å². The highest BCUT2D eigenvalue weighted by Crippen LogP contribution is 2.21. The number of rotatable bonds is 4. The third-order valence-electron chi connectivity index (χ3n) is 2.63. The van der Waals surface area contributed by atoms with Crippen molar-refractivity contribution in [2.24, 2.45) is 0 Å². The first-order chi connectivity index (χ1) is 7.72. The van der Waals surface area contributed by atoms with E-state index in [9.17, 15) is 0 Å². The molecule has 5 heteroatoms. The van der Waals surface area contributed by atoms with Gasteiger partial charge in [-0.15, -0.1) is 5.10 Å². The number of benzene rings is 1. The number of ether oxygens (including phenoxy) is 1. The Kier molecular flexibility index (Phi) is 3.41. The first-order valence-electron chi connectivity index (χ1n) is 5.23. The Morgan fingerprint density at radius 1 is 1.50 bits per heavy atom. The van der Waals surface area contributed by atoms with E-state index >= 15 is 0 Å². The van der Waals surface area contributed by atoms with Crippen molar-refractivity contribution >= 4 is 22.6 Å². The van der Waals surface area contributed by atoms with Crippen LogP contribution < -0.4 is 0 Å². The molecule has 1 atom stereocenters. The molecule has 0 aliphatic carbocycles. The Morgan fingerprint density at radius 2 is 2.31 bits per heavy atom. The molecule has 0 fully saturated rings. The van der Waals surface area contributed by atoms with Crippen LogP contribution in [0.2, 0.25) is 5.02 Å². The Balaban J connectivity index is 2.24. The molecule has 2 rings (SSSR count). The Bertz CT molecular complexity index is 483. The van der Waals surface area contributed by atoms with Gasteiger partial charge in [-0.05, 0) is 25.5 Å². The van der Waals surface area contributed by atoms with Gasteiger partial charge in [-0.2, -0.15) is 0 Å². The van der Waals surface area contributed by atoms with Crippen LogP contribution in [0.3, 0.4) is 0 Å². The van der Waals surface area contributed by atoms with Gasteiger partial charge in [0.15, 0.2) is 0 Å². The lowest BCUT2D eigenvalue weighted by Gasteiger charge is -2.09. The summed E-state index contributed by atoms with van der Waals surface area (Å²) in [6, 6.07) is 5.63. The molecule has 0 amide bonds. The van der Waals surface area contributed by atoms with Crippen LogP contribution in [0.5, 0.6) is 0 Å². The number of aryl methyl sites for hydroxylation is 1. The van der Waals surface area contributed by atoms with E-state index in [1.807, 2.05) is 29.8 Å². The van der Waals surface area contributed by atoms with Crippen LogP contribution in [0.4, 0.5) is 0 Å². The average molecular weight is 240 g/mol. The van der Waals surface area contributed by atoms with Gasteiger partial charge in [0.2, 0.25) is 0 Å². The summed E-state index contributed by atoms with van der Waals surface area (Å²) in [5.41, 5.74) is 1.73. The topological polar surface area (TPSA) is 39.9 Å². The van der Waals surface area contributed by atoms with Gasteiger partial charge in [-0.3, -0.25) is 0 Å². The summed E-state index contributed by atoms with van der Waals surface area (Å²) in [5, 5.41) is 8.85. The van der Waals surface area contributed by atoms with Crippen molar-refractivity contribution < 1.29 is 4.74 Å². The number of aromatic nitrogens is 3. The molecule has 1 aromatic heterocycles. The van der Waals surface area contributed by atoms with E-state index in [1.165, 1.54) is 0 Å². The van der Waals surface area contributed by atoms with Crippen molar-refractivity contribution in [2.75, 3.05) is 7.11 Å². The minimum atomic E-state index is 0.210. The molecule has 0 aliphatic rings. The summed E-state index contributed by atoms with van der Waals surface area (Å²) in [7, 11) is 1.71. The molecule has 2 aromatic rings. The zero-order chi connectivity index (χ0) is 11.5. The summed E-state index contributed by atoms with van der Waals surface area (Å²) in [6.45, 7) is 2.79. The maximum atomic E-state index is 6.12. The third kappa shape index (κ3) is 2.18. The summed E-state index contributed by atoms with van der Waals surface area (Å²) >= 11 is 6.12. The molecule has 0 spiro atoms. The second kappa shape index (κ2) is 4.80. The molecule has 1 heterocycles. The molecular formula is C11H14ClN3O. The Labute approximate surface area is 99.1 Å². The monoisotopic (exact) mass is 239 g/mol. The van der Waals surface area contributed by atoms with E-state index in [-0.39, 0.29) is 6.10 Å². The largest absolute Gasteiger partial charge is 0.382 e. The van der Waals surface area contributed by atoms with E-state index < -0.39 is 0 Å². The van der Waals surface area contributed by atoms with E-state index in [1.54, 1.807) is 7.11 Å². The minimum absolute atomic E-state index is 0.210. The zero-order valence-corrected chi connectivity index (χ0v) is 10.1. The quantitative estimate of drug-likeness (QED) is 0.823. The molecule has 1 aromatic carbocycles. The van der Waals surface area contributed by atoms with Gasteiger partial charge in [-0.1, -0.05) is 22.9 Å². The number of hydrogen-bond acceptors (Lipinski definition) is 3. The fourth-order valence-corrected chi connectivity index (χ4v) is 1.83. The van der Waals surface area contributed by atoms with Gasteiger partial charge in [0.25, 0.3) is 0 Å². The summed E-state index contributed by atoms with van der Waals surface area (Å²) < 4.78 is 7.02. The fraction of sp³-hybridized carbons (Fsp3) is 0.455. The number of fused-ring (bicyclic) bond motifs is 1. The lowest BCUT2D eigenvalue weighted by molar-refractivity contribution is 0.106. The second-order valence-corrected chi connectivity index (χ2v) is 4.16. The predicted molar refractivity (Wildman–Crippen MR) is 63.6 cm³/mol. The number of nitrogens with zero attached hydrogens (tertiary/aromatic N) is 3. The number of methoxy groups -OCH3 is 1. The summed E-state index contributed by atoms with van der Waals surface area (Å²) in [5.74, 6) is 0. The van der Waals surface area contributed by atoms with Crippen LogP contribution in [-0.2, 0) is 11.3 Å². The van der Waals surface area contributed by atoms with Crippen molar-refractivity contribution in [1.29, 1.82) is 0 Å². The highest BCUT2D eigenvalue weighted by atomic mass is 35.5. The van der Waals surface area contributed by atoms with Crippen LogP contribution >= 0.6 is 11.6 Å². The molecule has 0 radical (unpaired) electrons. The van der Waals surface area contributed by atoms with E-state index in [0.29, 0.717) is 5.02 Å². The standard InChI is InChI=1S/C11H14ClN3O/c1-8(16-2)6-7-15-11-9(12)4-3-5-10(11)13-14-15/h3-5,8H,6-7H2,1-2H3. The highest BCUT2D eigenvalue weighted by Gasteiger charge is 2.09. The second-order valence-electron chi connectivity index (χ2n) is 3.76. The number of para-hydroxylation sites is 1. The van der Waals surface area contributed by atoms with E-state index in [2.05, 4.69) is 10.3 Å². The van der Waals surface area contributed by atoms with Crippen LogP contribution in [0.25, 0.3) is 11.0 Å². The van der Waals surface area contributed by atoms with Crippen LogP contribution in [0.1, 0.15) is 13.3 Å². The maximum Gasteiger partial charge on any atom is 0.114 e. The van der Waals surface area contributed by atoms with Gasteiger partial charge in [0, 0.05) is 13.7 Å². The molecule has 0 aliphatic heterocycles. The zero-order valence-electron chi connectivity index (χ0n) is 9.35. The average Bonchev–Trinajstić information content (AvgIpc) is 2.70. The molecule has 16 heavy (non-hydrogen) atoms. The summed E-state index contributed by atoms with van der Waals surface area (Å²) in [6.07, 6.45) is 1.10. The number of hydrogen-bond donors (Lipinski definition) is 0. The molecule has 0 bridgehead atoms. The van der Waals surface area contributed by atoms with Crippen LogP contribution in [0.15, 0.2) is 18.2 Å². The lowest BCUT2D eigenvalue weighted by atomic mass is 10.2. The van der Waals surface area contributed by atoms with Gasteiger partial charge >= 0.3 is 0 Å². The molecular weight excluding hydrogens is 226 g/mol. The molecule has 1 unspecified atom stereocenters. The van der Waals surface area contributed by atoms with Gasteiger partial charge < -0.3 is 4.74 Å². The van der Waals surface area contributed by atoms with Crippen LogP contribution in [0, 0.1) is 0 Å². The first kappa shape index (κ1) is 11.4. The molecule has 0 N–H and O–H groups in total. The number of halogens is 1. The van der Waals surface area contributed by atoms with Crippen molar-refractivity contribution in [3.63, 3.8) is 0 Å². The van der Waals surface area contributed by atoms with Crippen molar-refractivity contribution in [3.8, 4) is 0 Å². The minimum Gasteiger partial charge on any atom is -0.382 e. The summed E-state index contributed by atoms with van der Waals surface area (Å²) in [4.78, 5) is 0. The Morgan fingerprint density at radius 3 is 3.06 bits per heavy atom. The molecule has 4 nitrogen and oxygen atoms in total. The molecule has 86 valence electrons. The maximum absolute atomic E-state index is 6.12. The lowest BCUT2D eigenvalue weighted by Crippen LogP contribution is -2.10. The first-order valence-corrected chi connectivity index (χ1v) is 5.60. The van der Waals surface area contributed by atoms with E-state index in [4.69, 9.17) is 16.3 Å².